The van der Waals surface area contributed by atoms with E-state index >= 15 is 0 Å². The first-order valence-electron chi connectivity index (χ1n) is 15.4. The van der Waals surface area contributed by atoms with E-state index in [1.165, 1.54) is 28.2 Å². The van der Waals surface area contributed by atoms with Crippen LogP contribution in [0.15, 0.2) is 90.3 Å². The topological polar surface area (TPSA) is 60.9 Å². The third kappa shape index (κ3) is 8.44. The summed E-state index contributed by atoms with van der Waals surface area (Å²) in [7, 11) is 0. The number of nitrogens with one attached hydrogen (secondary N) is 1. The summed E-state index contributed by atoms with van der Waals surface area (Å²) in [6.07, 6.45) is 0.826. The van der Waals surface area contributed by atoms with Gasteiger partial charge in [0, 0.05) is 68.4 Å². The number of hydrogen-bond donors (Lipinski definition) is 1. The van der Waals surface area contributed by atoms with Crippen LogP contribution in [0.5, 0.6) is 0 Å². The molecule has 0 unspecified atom stereocenters. The molecule has 5 rings (SSSR count). The molecule has 1 aromatic heterocycles. The second-order valence-corrected chi connectivity index (χ2v) is 11.6. The lowest BCUT2D eigenvalue weighted by molar-refractivity contribution is 0.0351. The smallest absolute Gasteiger partial charge is 0.323 e. The molecule has 1 aliphatic heterocycles. The number of nitrogens with zero attached hydrogens (tertiary/aromatic N) is 4. The number of aromatic nitrogens is 1. The summed E-state index contributed by atoms with van der Waals surface area (Å²) in [6, 6.07) is 29.6. The van der Waals surface area contributed by atoms with Crippen LogP contribution in [0.2, 0.25) is 0 Å². The monoisotopic (exact) mass is 597 g/mol. The van der Waals surface area contributed by atoms with Crippen LogP contribution in [0, 0.1) is 0 Å². The molecule has 1 fully saturated rings. The van der Waals surface area contributed by atoms with Gasteiger partial charge in [-0.15, -0.1) is 11.3 Å². The first-order valence-corrected chi connectivity index (χ1v) is 16.3. The minimum atomic E-state index is -0.106. The number of thiazole rings is 1. The molecule has 0 radical (unpaired) electrons. The van der Waals surface area contributed by atoms with Gasteiger partial charge in [-0.1, -0.05) is 72.8 Å². The van der Waals surface area contributed by atoms with E-state index in [0.717, 1.165) is 63.6 Å². The van der Waals surface area contributed by atoms with Crippen molar-refractivity contribution in [1.29, 1.82) is 0 Å². The van der Waals surface area contributed by atoms with Crippen LogP contribution in [-0.2, 0) is 4.74 Å². The minimum Gasteiger partial charge on any atom is -0.379 e. The highest BCUT2D eigenvalue weighted by Crippen LogP contribution is 2.29. The van der Waals surface area contributed by atoms with Crippen molar-refractivity contribution in [2.24, 2.45) is 0 Å². The molecule has 43 heavy (non-hydrogen) atoms. The van der Waals surface area contributed by atoms with Crippen LogP contribution in [0.3, 0.4) is 0 Å². The van der Waals surface area contributed by atoms with Gasteiger partial charge < -0.3 is 14.5 Å². The molecule has 1 aliphatic rings. The van der Waals surface area contributed by atoms with Crippen LogP contribution in [0.25, 0.3) is 11.3 Å². The van der Waals surface area contributed by atoms with Crippen molar-refractivity contribution in [2.45, 2.75) is 26.2 Å². The molecule has 0 aliphatic carbocycles. The molecule has 0 saturated carbocycles. The molecule has 1 N–H and O–H groups in total. The Balaban J connectivity index is 1.29. The quantitative estimate of drug-likeness (QED) is 0.179. The molecule has 1 saturated heterocycles. The molecule has 0 atom stereocenters. The number of urea groups is 1. The molecule has 3 aromatic carbocycles. The highest BCUT2D eigenvalue weighted by atomic mass is 32.1. The zero-order valence-electron chi connectivity index (χ0n) is 25.3. The molecule has 2 heterocycles. The maximum absolute atomic E-state index is 13.7. The van der Waals surface area contributed by atoms with Gasteiger partial charge in [-0.25, -0.2) is 9.78 Å². The molecular formula is C35H43N5O2S. The van der Waals surface area contributed by atoms with E-state index in [-0.39, 0.29) is 11.9 Å². The second kappa shape index (κ2) is 15.7. The van der Waals surface area contributed by atoms with E-state index < -0.39 is 0 Å². The maximum Gasteiger partial charge on any atom is 0.323 e. The largest absolute Gasteiger partial charge is 0.379 e. The first-order chi connectivity index (χ1) is 21.1. The number of ether oxygens (including phenoxy) is 1. The predicted molar refractivity (Wildman–Crippen MR) is 178 cm³/mol. The van der Waals surface area contributed by atoms with Crippen molar-refractivity contribution in [3.63, 3.8) is 0 Å². The Bertz CT molecular complexity index is 1350. The number of anilines is 2. The van der Waals surface area contributed by atoms with Gasteiger partial charge in [0.1, 0.15) is 0 Å². The van der Waals surface area contributed by atoms with Gasteiger partial charge in [0.2, 0.25) is 0 Å². The number of benzene rings is 3. The normalized spacial score (nSPS) is 13.7. The highest BCUT2D eigenvalue weighted by Gasteiger charge is 2.21. The summed E-state index contributed by atoms with van der Waals surface area (Å²) in [5, 5.41) is 5.75. The molecule has 4 aromatic rings. The summed E-state index contributed by atoms with van der Waals surface area (Å²) in [4.78, 5) is 25.2. The van der Waals surface area contributed by atoms with Crippen LogP contribution in [0.1, 0.15) is 37.3 Å². The van der Waals surface area contributed by atoms with Crippen molar-refractivity contribution in [3.8, 4) is 11.3 Å². The molecule has 8 heteroatoms. The minimum absolute atomic E-state index is 0.106. The average Bonchev–Trinajstić information content (AvgIpc) is 3.53. The van der Waals surface area contributed by atoms with Gasteiger partial charge in [-0.3, -0.25) is 10.2 Å². The van der Waals surface area contributed by atoms with Crippen molar-refractivity contribution >= 4 is 28.2 Å². The fourth-order valence-corrected chi connectivity index (χ4v) is 6.36. The number of carbonyl (C=O) groups excluding carboxylic acids is 1. The van der Waals surface area contributed by atoms with Crippen molar-refractivity contribution < 1.29 is 9.53 Å². The summed E-state index contributed by atoms with van der Waals surface area (Å²) in [5.41, 5.74) is 5.65. The molecule has 2 amide bonds. The van der Waals surface area contributed by atoms with E-state index in [1.807, 2.05) is 10.3 Å². The van der Waals surface area contributed by atoms with E-state index in [9.17, 15) is 4.79 Å². The van der Waals surface area contributed by atoms with Gasteiger partial charge in [-0.2, -0.15) is 0 Å². The molecule has 0 bridgehead atoms. The molecular weight excluding hydrogens is 554 g/mol. The Hall–Kier alpha value is -3.72. The third-order valence-electron chi connectivity index (χ3n) is 8.18. The lowest BCUT2D eigenvalue weighted by Gasteiger charge is -2.31. The number of rotatable bonds is 13. The highest BCUT2D eigenvalue weighted by molar-refractivity contribution is 7.14. The number of hydrogen-bond acceptors (Lipinski definition) is 6. The van der Waals surface area contributed by atoms with E-state index in [4.69, 9.17) is 9.72 Å². The van der Waals surface area contributed by atoms with Crippen molar-refractivity contribution in [3.05, 3.63) is 101 Å². The lowest BCUT2D eigenvalue weighted by atomic mass is 9.88. The Kier molecular flexibility index (Phi) is 11.2. The van der Waals surface area contributed by atoms with Crippen molar-refractivity contribution in [2.75, 3.05) is 69.2 Å². The van der Waals surface area contributed by atoms with Gasteiger partial charge in [0.05, 0.1) is 18.9 Å². The number of amides is 2. The standard InChI is InChI=1S/C35H43N5O2S/c1-3-39(4-2)31-17-15-30(16-18-31)33-27-43-34(36-33)37-35(41)40(22-21-38-23-25-42-26-24-38)20-19-32(28-11-7-5-8-12-28)29-13-9-6-10-14-29/h5-18,27,32H,3-4,19-26H2,1-2H3,(H,36,37,41). The Labute approximate surface area is 260 Å². The fourth-order valence-electron chi connectivity index (χ4n) is 5.65. The Morgan fingerprint density at radius 3 is 2.14 bits per heavy atom. The predicted octanol–water partition coefficient (Wildman–Crippen LogP) is 7.04. The second-order valence-electron chi connectivity index (χ2n) is 10.8. The third-order valence-corrected chi connectivity index (χ3v) is 8.94. The number of carbonyl (C=O) groups is 1. The van der Waals surface area contributed by atoms with E-state index in [2.05, 4.69) is 114 Å². The summed E-state index contributed by atoms with van der Waals surface area (Å²) < 4.78 is 5.53. The van der Waals surface area contributed by atoms with E-state index in [0.29, 0.717) is 18.2 Å². The number of morpholine rings is 1. The molecule has 7 nitrogen and oxygen atoms in total. The Morgan fingerprint density at radius 1 is 0.907 bits per heavy atom. The fraction of sp³-hybridized carbons (Fsp3) is 0.371. The van der Waals surface area contributed by atoms with Crippen LogP contribution < -0.4 is 10.2 Å². The van der Waals surface area contributed by atoms with Crippen LogP contribution >= 0.6 is 11.3 Å². The van der Waals surface area contributed by atoms with Gasteiger partial charge >= 0.3 is 6.03 Å². The zero-order valence-corrected chi connectivity index (χ0v) is 26.1. The maximum atomic E-state index is 13.7. The average molecular weight is 598 g/mol. The van der Waals surface area contributed by atoms with Crippen LogP contribution in [-0.4, -0.2) is 79.8 Å². The lowest BCUT2D eigenvalue weighted by Crippen LogP contribution is -2.44. The Morgan fingerprint density at radius 2 is 1.53 bits per heavy atom. The summed E-state index contributed by atoms with van der Waals surface area (Å²) in [6.45, 7) is 11.7. The molecule has 226 valence electrons. The van der Waals surface area contributed by atoms with Crippen LogP contribution in [0.4, 0.5) is 15.6 Å². The molecule has 0 spiro atoms. The SMILES string of the molecule is CCN(CC)c1ccc(-c2csc(NC(=O)N(CCC(c3ccccc3)c3ccccc3)CCN3CCOCC3)n2)cc1. The van der Waals surface area contributed by atoms with Crippen molar-refractivity contribution in [1.82, 2.24) is 14.8 Å². The van der Waals surface area contributed by atoms with E-state index in [1.54, 1.807) is 0 Å². The van der Waals surface area contributed by atoms with Gasteiger partial charge in [0.25, 0.3) is 0 Å². The summed E-state index contributed by atoms with van der Waals surface area (Å²) in [5.74, 6) is 0.201. The van der Waals surface area contributed by atoms with Gasteiger partial charge in [-0.05, 0) is 43.5 Å². The first kappa shape index (κ1) is 30.7. The zero-order chi connectivity index (χ0) is 29.9. The summed E-state index contributed by atoms with van der Waals surface area (Å²) >= 11 is 1.47. The van der Waals surface area contributed by atoms with Gasteiger partial charge in [0.15, 0.2) is 5.13 Å².